The standard InChI is InChI=1S/C11H12ClN3O2S2/c1-19(16,17)15-9-4-2-3-8(5-9)13-7-11-14-6-10(12)18-11/h2-6,13,15H,7H2,1H3. The van der Waals surface area contributed by atoms with Crippen LogP contribution in [-0.4, -0.2) is 19.7 Å². The van der Waals surface area contributed by atoms with E-state index in [0.29, 0.717) is 16.6 Å². The molecule has 0 fully saturated rings. The summed E-state index contributed by atoms with van der Waals surface area (Å²) in [6.45, 7) is 0.541. The molecule has 2 aromatic rings. The minimum absolute atomic E-state index is 0.518. The number of nitrogens with one attached hydrogen (secondary N) is 2. The van der Waals surface area contributed by atoms with Crippen LogP contribution in [0.1, 0.15) is 5.01 Å². The zero-order valence-corrected chi connectivity index (χ0v) is 12.4. The largest absolute Gasteiger partial charge is 0.378 e. The van der Waals surface area contributed by atoms with Gasteiger partial charge in [-0.05, 0) is 18.2 Å². The second-order valence-electron chi connectivity index (χ2n) is 3.87. The van der Waals surface area contributed by atoms with E-state index in [4.69, 9.17) is 11.6 Å². The van der Waals surface area contributed by atoms with E-state index in [1.807, 2.05) is 6.07 Å². The van der Waals surface area contributed by atoms with Gasteiger partial charge in [-0.2, -0.15) is 0 Å². The Hall–Kier alpha value is -1.31. The van der Waals surface area contributed by atoms with Crippen molar-refractivity contribution in [3.8, 4) is 0 Å². The Balaban J connectivity index is 2.03. The molecule has 0 aliphatic rings. The van der Waals surface area contributed by atoms with Crippen molar-refractivity contribution in [3.63, 3.8) is 0 Å². The zero-order valence-electron chi connectivity index (χ0n) is 10.1. The average molecular weight is 318 g/mol. The second kappa shape index (κ2) is 5.77. The summed E-state index contributed by atoms with van der Waals surface area (Å²) in [4.78, 5) is 4.13. The van der Waals surface area contributed by atoms with Gasteiger partial charge in [-0.15, -0.1) is 11.3 Å². The van der Waals surface area contributed by atoms with Gasteiger partial charge in [0.1, 0.15) is 9.34 Å². The predicted molar refractivity (Wildman–Crippen MR) is 79.4 cm³/mol. The van der Waals surface area contributed by atoms with Crippen molar-refractivity contribution in [1.29, 1.82) is 0 Å². The van der Waals surface area contributed by atoms with E-state index >= 15 is 0 Å². The van der Waals surface area contributed by atoms with Crippen LogP contribution in [0.3, 0.4) is 0 Å². The van der Waals surface area contributed by atoms with Gasteiger partial charge in [0.15, 0.2) is 0 Å². The molecule has 0 bridgehead atoms. The van der Waals surface area contributed by atoms with Crippen LogP contribution in [0.5, 0.6) is 0 Å². The summed E-state index contributed by atoms with van der Waals surface area (Å²) in [5.74, 6) is 0. The molecule has 0 spiro atoms. The molecule has 2 rings (SSSR count). The van der Waals surface area contributed by atoms with Crippen molar-refractivity contribution < 1.29 is 8.42 Å². The normalized spacial score (nSPS) is 11.3. The van der Waals surface area contributed by atoms with Gasteiger partial charge >= 0.3 is 0 Å². The Morgan fingerprint density at radius 3 is 2.74 bits per heavy atom. The number of rotatable bonds is 5. The molecule has 102 valence electrons. The SMILES string of the molecule is CS(=O)(=O)Nc1cccc(NCc2ncc(Cl)s2)c1. The van der Waals surface area contributed by atoms with Gasteiger partial charge in [-0.3, -0.25) is 4.72 Å². The highest BCUT2D eigenvalue weighted by atomic mass is 35.5. The molecule has 5 nitrogen and oxygen atoms in total. The van der Waals surface area contributed by atoms with Gasteiger partial charge in [0.05, 0.1) is 24.7 Å². The number of halogens is 1. The number of benzene rings is 1. The lowest BCUT2D eigenvalue weighted by molar-refractivity contribution is 0.607. The van der Waals surface area contributed by atoms with Gasteiger partial charge in [0.2, 0.25) is 10.0 Å². The van der Waals surface area contributed by atoms with Gasteiger partial charge in [-0.1, -0.05) is 17.7 Å². The number of hydrogen-bond acceptors (Lipinski definition) is 5. The highest BCUT2D eigenvalue weighted by Gasteiger charge is 2.03. The highest BCUT2D eigenvalue weighted by Crippen LogP contribution is 2.20. The third-order valence-electron chi connectivity index (χ3n) is 2.13. The molecule has 0 atom stereocenters. The number of anilines is 2. The lowest BCUT2D eigenvalue weighted by atomic mass is 10.3. The van der Waals surface area contributed by atoms with Gasteiger partial charge in [0.25, 0.3) is 0 Å². The van der Waals surface area contributed by atoms with Crippen molar-refractivity contribution in [2.24, 2.45) is 0 Å². The number of sulfonamides is 1. The molecule has 1 aromatic carbocycles. The van der Waals surface area contributed by atoms with Crippen LogP contribution in [0.2, 0.25) is 4.34 Å². The molecule has 0 amide bonds. The van der Waals surface area contributed by atoms with Crippen LogP contribution < -0.4 is 10.0 Å². The van der Waals surface area contributed by atoms with Crippen LogP contribution in [0.4, 0.5) is 11.4 Å². The molecule has 0 radical (unpaired) electrons. The molecule has 1 aromatic heterocycles. The average Bonchev–Trinajstić information content (AvgIpc) is 2.71. The lowest BCUT2D eigenvalue weighted by Crippen LogP contribution is -2.09. The molecule has 19 heavy (non-hydrogen) atoms. The first kappa shape index (κ1) is 14.1. The maximum atomic E-state index is 11.1. The molecule has 0 aliphatic heterocycles. The van der Waals surface area contributed by atoms with E-state index < -0.39 is 10.0 Å². The maximum Gasteiger partial charge on any atom is 0.229 e. The Kier molecular flexibility index (Phi) is 4.28. The maximum absolute atomic E-state index is 11.1. The fourth-order valence-corrected chi connectivity index (χ4v) is 2.91. The van der Waals surface area contributed by atoms with Gasteiger partial charge in [0, 0.05) is 5.69 Å². The Labute approximate surface area is 120 Å². The quantitative estimate of drug-likeness (QED) is 0.889. The third kappa shape index (κ3) is 4.70. The first-order valence-corrected chi connectivity index (χ1v) is 8.43. The number of aromatic nitrogens is 1. The van der Waals surface area contributed by atoms with E-state index in [-0.39, 0.29) is 0 Å². The summed E-state index contributed by atoms with van der Waals surface area (Å²) >= 11 is 7.19. The fraction of sp³-hybridized carbons (Fsp3) is 0.182. The van der Waals surface area contributed by atoms with Crippen molar-refractivity contribution in [2.45, 2.75) is 6.54 Å². The molecule has 1 heterocycles. The molecule has 2 N–H and O–H groups in total. The summed E-state index contributed by atoms with van der Waals surface area (Å²) in [7, 11) is -3.26. The second-order valence-corrected chi connectivity index (χ2v) is 7.36. The first-order valence-electron chi connectivity index (χ1n) is 5.34. The van der Waals surface area contributed by atoms with Gasteiger partial charge < -0.3 is 5.32 Å². The molecule has 0 saturated heterocycles. The van der Waals surface area contributed by atoms with E-state index in [1.54, 1.807) is 24.4 Å². The summed E-state index contributed by atoms with van der Waals surface area (Å²) in [6, 6.07) is 7.02. The Bertz CT molecular complexity index is 670. The first-order chi connectivity index (χ1) is 8.92. The minimum Gasteiger partial charge on any atom is -0.378 e. The van der Waals surface area contributed by atoms with Crippen LogP contribution in [0, 0.1) is 0 Å². The van der Waals surface area contributed by atoms with Crippen molar-refractivity contribution >= 4 is 44.3 Å². The van der Waals surface area contributed by atoms with Crippen molar-refractivity contribution in [2.75, 3.05) is 16.3 Å². The molecule has 8 heteroatoms. The van der Waals surface area contributed by atoms with E-state index in [9.17, 15) is 8.42 Å². The molecule has 0 unspecified atom stereocenters. The van der Waals surface area contributed by atoms with Gasteiger partial charge in [-0.25, -0.2) is 13.4 Å². The van der Waals surface area contributed by atoms with Crippen LogP contribution in [0.25, 0.3) is 0 Å². The van der Waals surface area contributed by atoms with Crippen molar-refractivity contribution in [3.05, 3.63) is 39.8 Å². The van der Waals surface area contributed by atoms with Crippen molar-refractivity contribution in [1.82, 2.24) is 4.98 Å². The number of nitrogens with zero attached hydrogens (tertiary/aromatic N) is 1. The Morgan fingerprint density at radius 2 is 2.11 bits per heavy atom. The fourth-order valence-electron chi connectivity index (χ4n) is 1.45. The smallest absolute Gasteiger partial charge is 0.229 e. The predicted octanol–water partition coefficient (Wildman–Crippen LogP) is 2.78. The van der Waals surface area contributed by atoms with E-state index in [1.165, 1.54) is 11.3 Å². The summed E-state index contributed by atoms with van der Waals surface area (Å²) < 4.78 is 25.3. The van der Waals surface area contributed by atoms with Crippen LogP contribution >= 0.6 is 22.9 Å². The summed E-state index contributed by atoms with van der Waals surface area (Å²) in [5.41, 5.74) is 1.32. The lowest BCUT2D eigenvalue weighted by Gasteiger charge is -2.08. The van der Waals surface area contributed by atoms with E-state index in [2.05, 4.69) is 15.0 Å². The van der Waals surface area contributed by atoms with E-state index in [0.717, 1.165) is 17.0 Å². The molecule has 0 saturated carbocycles. The molecule has 0 aliphatic carbocycles. The third-order valence-corrected chi connectivity index (χ3v) is 3.86. The minimum atomic E-state index is -3.26. The Morgan fingerprint density at radius 1 is 1.37 bits per heavy atom. The number of thiazole rings is 1. The summed E-state index contributed by atoms with van der Waals surface area (Å²) in [6.07, 6.45) is 2.72. The number of hydrogen-bond donors (Lipinski definition) is 2. The van der Waals surface area contributed by atoms with Crippen LogP contribution in [0.15, 0.2) is 30.5 Å². The molecular weight excluding hydrogens is 306 g/mol. The molecular formula is C11H12ClN3O2S2. The summed E-state index contributed by atoms with van der Waals surface area (Å²) in [5, 5.41) is 4.02. The van der Waals surface area contributed by atoms with Crippen LogP contribution in [-0.2, 0) is 16.6 Å². The monoisotopic (exact) mass is 317 g/mol. The topological polar surface area (TPSA) is 71.1 Å². The zero-order chi connectivity index (χ0) is 13.9. The highest BCUT2D eigenvalue weighted by molar-refractivity contribution is 7.92.